The molecule has 0 saturated carbocycles. The topological polar surface area (TPSA) is 72.9 Å². The Bertz CT molecular complexity index is 601. The maximum atomic E-state index is 12.1. The van der Waals surface area contributed by atoms with E-state index in [-0.39, 0.29) is 11.6 Å². The normalized spacial score (nSPS) is 10.7. The van der Waals surface area contributed by atoms with E-state index in [4.69, 9.17) is 5.73 Å². The van der Waals surface area contributed by atoms with E-state index in [1.54, 1.807) is 13.2 Å². The average molecular weight is 258 g/mol. The van der Waals surface area contributed by atoms with Crippen molar-refractivity contribution in [1.82, 2.24) is 9.78 Å². The Morgan fingerprint density at radius 2 is 2.16 bits per heavy atom. The minimum atomic E-state index is -0.293. The second kappa shape index (κ2) is 5.14. The lowest BCUT2D eigenvalue weighted by Crippen LogP contribution is -2.14. The van der Waals surface area contributed by atoms with Crippen molar-refractivity contribution in [1.29, 1.82) is 0 Å². The minimum absolute atomic E-state index is 0.248. The van der Waals surface area contributed by atoms with Gasteiger partial charge in [-0.2, -0.15) is 5.10 Å². The molecule has 19 heavy (non-hydrogen) atoms. The highest BCUT2D eigenvalue weighted by atomic mass is 16.2. The number of carbonyl (C=O) groups excluding carboxylic acids is 1. The third kappa shape index (κ3) is 2.93. The molecule has 1 aromatic heterocycles. The molecule has 5 nitrogen and oxygen atoms in total. The molecule has 1 aromatic carbocycles. The van der Waals surface area contributed by atoms with Crippen molar-refractivity contribution in [3.05, 3.63) is 41.7 Å². The number of amides is 1. The summed E-state index contributed by atoms with van der Waals surface area (Å²) in [6.45, 7) is 4.22. The molecule has 0 fully saturated rings. The van der Waals surface area contributed by atoms with Gasteiger partial charge in [-0.05, 0) is 23.6 Å². The van der Waals surface area contributed by atoms with Gasteiger partial charge in [0, 0.05) is 18.9 Å². The molecule has 0 aliphatic rings. The second-order valence-corrected chi connectivity index (χ2v) is 4.84. The highest BCUT2D eigenvalue weighted by Gasteiger charge is 2.14. The third-order valence-electron chi connectivity index (χ3n) is 2.88. The van der Waals surface area contributed by atoms with Gasteiger partial charge in [-0.1, -0.05) is 26.0 Å². The zero-order valence-electron chi connectivity index (χ0n) is 11.3. The molecule has 2 aromatic rings. The number of nitrogens with one attached hydrogen (secondary N) is 1. The van der Waals surface area contributed by atoms with Gasteiger partial charge in [-0.15, -0.1) is 0 Å². The summed E-state index contributed by atoms with van der Waals surface area (Å²) in [6.07, 6.45) is 1.61. The molecule has 0 radical (unpaired) electrons. The maximum absolute atomic E-state index is 12.1. The minimum Gasteiger partial charge on any atom is -0.396 e. The first-order chi connectivity index (χ1) is 8.97. The summed E-state index contributed by atoms with van der Waals surface area (Å²) < 4.78 is 1.52. The molecule has 2 rings (SSSR count). The Morgan fingerprint density at radius 3 is 2.74 bits per heavy atom. The van der Waals surface area contributed by atoms with Crippen molar-refractivity contribution in [2.75, 3.05) is 11.1 Å². The number of anilines is 2. The van der Waals surface area contributed by atoms with Crippen LogP contribution in [0.5, 0.6) is 0 Å². The number of nitrogens with two attached hydrogens (primary N) is 1. The Kier molecular flexibility index (Phi) is 3.55. The third-order valence-corrected chi connectivity index (χ3v) is 2.88. The van der Waals surface area contributed by atoms with E-state index in [1.165, 1.54) is 10.2 Å². The Labute approximate surface area is 112 Å². The lowest BCUT2D eigenvalue weighted by atomic mass is 10.0. The Hall–Kier alpha value is -2.30. The van der Waals surface area contributed by atoms with Crippen molar-refractivity contribution < 1.29 is 4.79 Å². The van der Waals surface area contributed by atoms with Gasteiger partial charge in [0.2, 0.25) is 0 Å². The Morgan fingerprint density at radius 1 is 1.42 bits per heavy atom. The summed E-state index contributed by atoms with van der Waals surface area (Å²) in [6, 6.07) is 7.77. The van der Waals surface area contributed by atoms with E-state index in [1.807, 2.05) is 24.3 Å². The van der Waals surface area contributed by atoms with E-state index in [0.29, 0.717) is 11.6 Å². The van der Waals surface area contributed by atoms with Gasteiger partial charge in [0.1, 0.15) is 0 Å². The van der Waals surface area contributed by atoms with Crippen LogP contribution in [0.1, 0.15) is 35.8 Å². The molecule has 0 spiro atoms. The van der Waals surface area contributed by atoms with E-state index in [9.17, 15) is 4.79 Å². The van der Waals surface area contributed by atoms with Gasteiger partial charge >= 0.3 is 0 Å². The molecule has 1 amide bonds. The first kappa shape index (κ1) is 13.1. The SMILES string of the molecule is CC(C)c1cccc(NC(=O)c2nn(C)cc2N)c1. The van der Waals surface area contributed by atoms with Crippen molar-refractivity contribution in [2.24, 2.45) is 7.05 Å². The largest absolute Gasteiger partial charge is 0.396 e. The Balaban J connectivity index is 2.19. The molecule has 100 valence electrons. The van der Waals surface area contributed by atoms with Crippen molar-refractivity contribution in [2.45, 2.75) is 19.8 Å². The smallest absolute Gasteiger partial charge is 0.278 e. The van der Waals surface area contributed by atoms with E-state index in [2.05, 4.69) is 24.3 Å². The van der Waals surface area contributed by atoms with Gasteiger partial charge in [0.05, 0.1) is 5.69 Å². The standard InChI is InChI=1S/C14H18N4O/c1-9(2)10-5-4-6-11(7-10)16-14(19)13-12(15)8-18(3)17-13/h4-9H,15H2,1-3H3,(H,16,19). The zero-order chi connectivity index (χ0) is 14.0. The van der Waals surface area contributed by atoms with Crippen LogP contribution in [0, 0.1) is 0 Å². The number of benzene rings is 1. The molecular formula is C14H18N4O. The summed E-state index contributed by atoms with van der Waals surface area (Å²) in [5.41, 5.74) is 8.28. The van der Waals surface area contributed by atoms with Gasteiger partial charge in [-0.3, -0.25) is 9.48 Å². The van der Waals surface area contributed by atoms with Crippen LogP contribution in [-0.2, 0) is 7.05 Å². The molecule has 0 atom stereocenters. The lowest BCUT2D eigenvalue weighted by Gasteiger charge is -2.09. The quantitative estimate of drug-likeness (QED) is 0.887. The van der Waals surface area contributed by atoms with Crippen LogP contribution in [0.25, 0.3) is 0 Å². The maximum Gasteiger partial charge on any atom is 0.278 e. The summed E-state index contributed by atoms with van der Waals surface area (Å²) in [5.74, 6) is 0.121. The number of nitrogen functional groups attached to an aromatic ring is 1. The van der Waals surface area contributed by atoms with Gasteiger partial charge in [0.25, 0.3) is 5.91 Å². The molecule has 0 saturated heterocycles. The van der Waals surface area contributed by atoms with E-state index < -0.39 is 0 Å². The highest BCUT2D eigenvalue weighted by molar-refractivity contribution is 6.06. The molecule has 3 N–H and O–H groups in total. The van der Waals surface area contributed by atoms with Gasteiger partial charge < -0.3 is 11.1 Å². The number of hydrogen-bond acceptors (Lipinski definition) is 3. The van der Waals surface area contributed by atoms with Crippen LogP contribution in [0.15, 0.2) is 30.5 Å². The number of aromatic nitrogens is 2. The lowest BCUT2D eigenvalue weighted by molar-refractivity contribution is 0.102. The summed E-state index contributed by atoms with van der Waals surface area (Å²) >= 11 is 0. The number of carbonyl (C=O) groups is 1. The number of nitrogens with zero attached hydrogens (tertiary/aromatic N) is 2. The molecule has 0 bridgehead atoms. The van der Waals surface area contributed by atoms with Crippen molar-refractivity contribution >= 4 is 17.3 Å². The number of rotatable bonds is 3. The first-order valence-corrected chi connectivity index (χ1v) is 6.18. The number of aryl methyl sites for hydroxylation is 1. The second-order valence-electron chi connectivity index (χ2n) is 4.84. The van der Waals surface area contributed by atoms with E-state index in [0.717, 1.165) is 5.69 Å². The monoisotopic (exact) mass is 258 g/mol. The molecule has 1 heterocycles. The van der Waals surface area contributed by atoms with Gasteiger partial charge in [0.15, 0.2) is 5.69 Å². The van der Waals surface area contributed by atoms with Crippen LogP contribution >= 0.6 is 0 Å². The first-order valence-electron chi connectivity index (χ1n) is 6.18. The van der Waals surface area contributed by atoms with Crippen LogP contribution in [0.2, 0.25) is 0 Å². The zero-order valence-corrected chi connectivity index (χ0v) is 11.3. The molecule has 0 aliphatic heterocycles. The van der Waals surface area contributed by atoms with Gasteiger partial charge in [-0.25, -0.2) is 0 Å². The predicted molar refractivity (Wildman–Crippen MR) is 76.1 cm³/mol. The van der Waals surface area contributed by atoms with Crippen LogP contribution < -0.4 is 11.1 Å². The summed E-state index contributed by atoms with van der Waals surface area (Å²) in [7, 11) is 1.73. The summed E-state index contributed by atoms with van der Waals surface area (Å²) in [5, 5.41) is 6.86. The van der Waals surface area contributed by atoms with Crippen molar-refractivity contribution in [3.63, 3.8) is 0 Å². The fourth-order valence-corrected chi connectivity index (χ4v) is 1.85. The average Bonchev–Trinajstić information content (AvgIpc) is 2.69. The fraction of sp³-hybridized carbons (Fsp3) is 0.286. The van der Waals surface area contributed by atoms with Crippen LogP contribution in [0.3, 0.4) is 0 Å². The molecule has 5 heteroatoms. The molecular weight excluding hydrogens is 240 g/mol. The molecule has 0 aliphatic carbocycles. The molecule has 0 unspecified atom stereocenters. The number of hydrogen-bond donors (Lipinski definition) is 2. The van der Waals surface area contributed by atoms with Crippen LogP contribution in [0.4, 0.5) is 11.4 Å². The fourth-order valence-electron chi connectivity index (χ4n) is 1.85. The summed E-state index contributed by atoms with van der Waals surface area (Å²) in [4.78, 5) is 12.1. The van der Waals surface area contributed by atoms with Crippen molar-refractivity contribution in [3.8, 4) is 0 Å². The highest BCUT2D eigenvalue weighted by Crippen LogP contribution is 2.19. The van der Waals surface area contributed by atoms with Crippen LogP contribution in [-0.4, -0.2) is 15.7 Å². The van der Waals surface area contributed by atoms with E-state index >= 15 is 0 Å². The predicted octanol–water partition coefficient (Wildman–Crippen LogP) is 2.38.